The Kier molecular flexibility index (Phi) is 4.90. The number of hydrogen-bond acceptors (Lipinski definition) is 4. The number of amides is 3. The number of fused-ring (bicyclic) bond motifs is 4. The van der Waals surface area contributed by atoms with E-state index in [1.807, 2.05) is 31.2 Å². The van der Waals surface area contributed by atoms with Crippen molar-refractivity contribution in [3.8, 4) is 5.75 Å². The molecule has 34 heavy (non-hydrogen) atoms. The number of nitrogens with zero attached hydrogens (tertiary/aromatic N) is 2. The van der Waals surface area contributed by atoms with Gasteiger partial charge in [0.2, 0.25) is 0 Å². The van der Waals surface area contributed by atoms with Gasteiger partial charge in [0.25, 0.3) is 5.91 Å². The number of aromatic nitrogens is 1. The predicted molar refractivity (Wildman–Crippen MR) is 130 cm³/mol. The van der Waals surface area contributed by atoms with E-state index in [0.29, 0.717) is 30.6 Å². The van der Waals surface area contributed by atoms with Gasteiger partial charge in [-0.25, -0.2) is 4.79 Å². The zero-order valence-corrected chi connectivity index (χ0v) is 19.7. The van der Waals surface area contributed by atoms with Crippen molar-refractivity contribution in [1.29, 1.82) is 0 Å². The number of nitrogens with one attached hydrogen (secondary N) is 2. The second-order valence-corrected chi connectivity index (χ2v) is 10.3. The largest absolute Gasteiger partial charge is 0.508 e. The molecule has 0 radical (unpaired) electrons. The van der Waals surface area contributed by atoms with Crippen molar-refractivity contribution in [2.45, 2.75) is 50.2 Å². The van der Waals surface area contributed by atoms with E-state index in [2.05, 4.69) is 10.3 Å². The van der Waals surface area contributed by atoms with Crippen molar-refractivity contribution in [2.75, 3.05) is 13.1 Å². The smallest absolute Gasteiger partial charge is 0.328 e. The Morgan fingerprint density at radius 3 is 2.76 bits per heavy atom. The van der Waals surface area contributed by atoms with Crippen LogP contribution in [0.5, 0.6) is 5.75 Å². The molecule has 2 atom stereocenters. The highest BCUT2D eigenvalue weighted by Gasteiger charge is 2.60. The fraction of sp³-hybridized carbons (Fsp3) is 0.385. The summed E-state index contributed by atoms with van der Waals surface area (Å²) in [5.74, 6) is -0.0647. The molecule has 3 amide bonds. The summed E-state index contributed by atoms with van der Waals surface area (Å²) in [7, 11) is 0. The maximum Gasteiger partial charge on any atom is 0.328 e. The Morgan fingerprint density at radius 1 is 1.21 bits per heavy atom. The number of aromatic hydroxyl groups is 1. The number of hydrogen-bond donors (Lipinski definition) is 3. The van der Waals surface area contributed by atoms with Gasteiger partial charge in [0.05, 0.1) is 0 Å². The van der Waals surface area contributed by atoms with Gasteiger partial charge in [-0.2, -0.15) is 0 Å². The molecule has 3 aromatic rings. The monoisotopic (exact) mass is 478 g/mol. The molecule has 0 bridgehead atoms. The first-order chi connectivity index (χ1) is 16.4. The zero-order chi connectivity index (χ0) is 23.6. The summed E-state index contributed by atoms with van der Waals surface area (Å²) >= 11 is 6.32. The van der Waals surface area contributed by atoms with E-state index in [0.717, 1.165) is 40.6 Å². The molecule has 3 aliphatic rings. The number of carbonyl (C=O) groups excluding carboxylic acids is 2. The Bertz CT molecular complexity index is 1320. The molecule has 1 aromatic heterocycles. The lowest BCUT2D eigenvalue weighted by molar-refractivity contribution is -0.133. The molecule has 2 aliphatic heterocycles. The highest BCUT2D eigenvalue weighted by molar-refractivity contribution is 6.31. The standard InChI is InChI=1S/C26H27ClN4O3/c1-26-14-20-19-13-16(27)8-9-21(19)29-22(20)23(15-4-2-7-18(32)12-15)31(26)25(34)30(24(26)33)11-10-28-17-5-3-6-17/h2,4,7-9,12-13,17,23,28-29,32H,3,5-6,10-11,14H2,1H3/t23-,26+/m1/s1. The van der Waals surface area contributed by atoms with Crippen LogP contribution >= 0.6 is 11.6 Å². The summed E-state index contributed by atoms with van der Waals surface area (Å²) < 4.78 is 0. The highest BCUT2D eigenvalue weighted by Crippen LogP contribution is 2.49. The van der Waals surface area contributed by atoms with Crippen molar-refractivity contribution in [1.82, 2.24) is 20.1 Å². The minimum Gasteiger partial charge on any atom is -0.508 e. The fourth-order valence-corrected chi connectivity index (χ4v) is 5.89. The minimum atomic E-state index is -1.03. The van der Waals surface area contributed by atoms with Crippen LogP contribution in [0.4, 0.5) is 4.79 Å². The van der Waals surface area contributed by atoms with Crippen molar-refractivity contribution in [2.24, 2.45) is 0 Å². The first kappa shape index (κ1) is 21.5. The topological polar surface area (TPSA) is 88.7 Å². The maximum atomic E-state index is 13.8. The van der Waals surface area contributed by atoms with Gasteiger partial charge >= 0.3 is 6.03 Å². The summed E-state index contributed by atoms with van der Waals surface area (Å²) in [6.45, 7) is 2.79. The number of phenols is 1. The molecule has 7 nitrogen and oxygen atoms in total. The van der Waals surface area contributed by atoms with Gasteiger partial charge in [-0.1, -0.05) is 30.2 Å². The molecule has 1 aliphatic carbocycles. The van der Waals surface area contributed by atoms with E-state index < -0.39 is 11.6 Å². The number of phenolic OH excluding ortho intramolecular Hbond substituents is 1. The molecule has 2 fully saturated rings. The summed E-state index contributed by atoms with van der Waals surface area (Å²) in [4.78, 5) is 34.1. The molecular formula is C26H27ClN4O3. The molecule has 3 heterocycles. The van der Waals surface area contributed by atoms with Gasteiger partial charge < -0.3 is 15.4 Å². The SMILES string of the molecule is C[C@@]12Cc3c([nH]c4ccc(Cl)cc34)[C@@H](c3cccc(O)c3)N1C(=O)N(CCNC1CCC1)C2=O. The van der Waals surface area contributed by atoms with Crippen LogP contribution in [0.15, 0.2) is 42.5 Å². The number of urea groups is 1. The van der Waals surface area contributed by atoms with E-state index >= 15 is 0 Å². The summed E-state index contributed by atoms with van der Waals surface area (Å²) in [6.07, 6.45) is 3.92. The van der Waals surface area contributed by atoms with Gasteiger partial charge in [-0.05, 0) is 61.2 Å². The molecule has 6 rings (SSSR count). The average molecular weight is 479 g/mol. The second-order valence-electron chi connectivity index (χ2n) is 9.85. The quantitative estimate of drug-likeness (QED) is 0.476. The maximum absolute atomic E-state index is 13.8. The summed E-state index contributed by atoms with van der Waals surface area (Å²) in [5, 5.41) is 15.3. The summed E-state index contributed by atoms with van der Waals surface area (Å²) in [5.41, 5.74) is 2.47. The number of halogens is 1. The number of carbonyl (C=O) groups is 2. The molecule has 1 saturated heterocycles. The van der Waals surface area contributed by atoms with Crippen LogP contribution in [0.3, 0.4) is 0 Å². The molecule has 0 unspecified atom stereocenters. The molecule has 2 aromatic carbocycles. The van der Waals surface area contributed by atoms with Crippen LogP contribution in [0, 0.1) is 0 Å². The number of benzene rings is 2. The number of aromatic amines is 1. The van der Waals surface area contributed by atoms with Crippen LogP contribution in [-0.4, -0.2) is 56.5 Å². The van der Waals surface area contributed by atoms with Crippen LogP contribution in [0.1, 0.15) is 49.0 Å². The summed E-state index contributed by atoms with van der Waals surface area (Å²) in [6, 6.07) is 12.2. The van der Waals surface area contributed by atoms with Gasteiger partial charge in [-0.3, -0.25) is 14.6 Å². The molecule has 8 heteroatoms. The fourth-order valence-electron chi connectivity index (χ4n) is 5.72. The highest BCUT2D eigenvalue weighted by atomic mass is 35.5. The van der Waals surface area contributed by atoms with E-state index in [4.69, 9.17) is 11.6 Å². The lowest BCUT2D eigenvalue weighted by atomic mass is 9.81. The first-order valence-electron chi connectivity index (χ1n) is 11.8. The van der Waals surface area contributed by atoms with Crippen LogP contribution < -0.4 is 5.32 Å². The van der Waals surface area contributed by atoms with Gasteiger partial charge in [0.1, 0.15) is 17.3 Å². The van der Waals surface area contributed by atoms with Crippen LogP contribution in [0.25, 0.3) is 10.9 Å². The molecule has 176 valence electrons. The van der Waals surface area contributed by atoms with E-state index in [1.165, 1.54) is 11.3 Å². The van der Waals surface area contributed by atoms with Crippen molar-refractivity contribution in [3.05, 3.63) is 64.3 Å². The Balaban J connectivity index is 1.45. The van der Waals surface area contributed by atoms with E-state index in [1.54, 1.807) is 23.1 Å². The average Bonchev–Trinajstić information content (AvgIpc) is 3.21. The third kappa shape index (κ3) is 3.14. The lowest BCUT2D eigenvalue weighted by Gasteiger charge is -2.42. The number of H-pyrrole nitrogens is 1. The van der Waals surface area contributed by atoms with Crippen molar-refractivity contribution >= 4 is 34.4 Å². The molecule has 3 N–H and O–H groups in total. The third-order valence-electron chi connectivity index (χ3n) is 7.69. The van der Waals surface area contributed by atoms with E-state index in [-0.39, 0.29) is 17.7 Å². The lowest BCUT2D eigenvalue weighted by Crippen LogP contribution is -2.53. The molecule has 0 spiro atoms. The molecular weight excluding hydrogens is 452 g/mol. The van der Waals surface area contributed by atoms with Gasteiger partial charge in [-0.15, -0.1) is 0 Å². The Morgan fingerprint density at radius 2 is 2.03 bits per heavy atom. The minimum absolute atomic E-state index is 0.116. The molecule has 1 saturated carbocycles. The second kappa shape index (κ2) is 7.75. The predicted octanol–water partition coefficient (Wildman–Crippen LogP) is 4.34. The van der Waals surface area contributed by atoms with Crippen molar-refractivity contribution < 1.29 is 14.7 Å². The van der Waals surface area contributed by atoms with Crippen LogP contribution in [0.2, 0.25) is 5.02 Å². The van der Waals surface area contributed by atoms with Crippen LogP contribution in [-0.2, 0) is 11.2 Å². The van der Waals surface area contributed by atoms with Gasteiger partial charge in [0.15, 0.2) is 0 Å². The Hall–Kier alpha value is -3.03. The number of rotatable bonds is 5. The van der Waals surface area contributed by atoms with Crippen molar-refractivity contribution in [3.63, 3.8) is 0 Å². The third-order valence-corrected chi connectivity index (χ3v) is 7.92. The van der Waals surface area contributed by atoms with Gasteiger partial charge in [0, 0.05) is 47.2 Å². The van der Waals surface area contributed by atoms with E-state index in [9.17, 15) is 14.7 Å². The number of imide groups is 1. The zero-order valence-electron chi connectivity index (χ0n) is 19.0. The first-order valence-corrected chi connectivity index (χ1v) is 12.2. The Labute approximate surface area is 202 Å². The normalized spacial score (nSPS) is 24.5.